The molecule has 5 heteroatoms. The summed E-state index contributed by atoms with van der Waals surface area (Å²) >= 11 is 0. The van der Waals surface area contributed by atoms with E-state index in [1.807, 2.05) is 43.3 Å². The molecule has 0 spiro atoms. The van der Waals surface area contributed by atoms with Gasteiger partial charge in [-0.1, -0.05) is 39.0 Å². The third-order valence-corrected chi connectivity index (χ3v) is 7.30. The molecule has 0 amide bonds. The van der Waals surface area contributed by atoms with Crippen molar-refractivity contribution in [3.8, 4) is 5.88 Å². The fourth-order valence-electron chi connectivity index (χ4n) is 4.98. The van der Waals surface area contributed by atoms with Crippen molar-refractivity contribution < 1.29 is 14.3 Å². The number of pyridine rings is 2. The van der Waals surface area contributed by atoms with Gasteiger partial charge in [0.2, 0.25) is 5.88 Å². The molecule has 1 aliphatic rings. The number of fused-ring (bicyclic) bond motifs is 1. The number of ketones is 1. The maximum absolute atomic E-state index is 13.6. The fraction of sp³-hybridized carbons (Fsp3) is 0.483. The van der Waals surface area contributed by atoms with E-state index in [0.29, 0.717) is 42.4 Å². The Morgan fingerprint density at radius 2 is 2.03 bits per heavy atom. The zero-order valence-corrected chi connectivity index (χ0v) is 20.8. The largest absolute Gasteiger partial charge is 0.478 e. The Hall–Kier alpha value is -2.79. The molecular weight excluding hydrogens is 424 g/mol. The minimum absolute atomic E-state index is 0.0814. The van der Waals surface area contributed by atoms with Gasteiger partial charge in [-0.25, -0.2) is 9.97 Å². The van der Waals surface area contributed by atoms with Crippen molar-refractivity contribution in [2.75, 3.05) is 19.8 Å². The molecule has 2 unspecified atom stereocenters. The molecule has 0 bridgehead atoms. The number of carbonyl (C=O) groups excluding carboxylic acids is 1. The number of hydrogen-bond acceptors (Lipinski definition) is 5. The lowest BCUT2D eigenvalue weighted by atomic mass is 9.77. The number of para-hydroxylation sites is 1. The van der Waals surface area contributed by atoms with Crippen LogP contribution in [0.2, 0.25) is 0 Å². The minimum Gasteiger partial charge on any atom is -0.478 e. The second-order valence-electron chi connectivity index (χ2n) is 9.76. The van der Waals surface area contributed by atoms with Crippen LogP contribution < -0.4 is 4.74 Å². The number of aromatic nitrogens is 2. The van der Waals surface area contributed by atoms with Crippen molar-refractivity contribution in [2.45, 2.75) is 47.0 Å². The third kappa shape index (κ3) is 5.64. The summed E-state index contributed by atoms with van der Waals surface area (Å²) in [6, 6.07) is 14.0. The first kappa shape index (κ1) is 24.3. The molecule has 0 N–H and O–H groups in total. The Balaban J connectivity index is 1.58. The summed E-state index contributed by atoms with van der Waals surface area (Å²) in [6.07, 6.45) is 4.60. The summed E-state index contributed by atoms with van der Waals surface area (Å²) in [5.41, 5.74) is 3.62. The van der Waals surface area contributed by atoms with Crippen molar-refractivity contribution in [3.63, 3.8) is 0 Å². The average Bonchev–Trinajstić information content (AvgIpc) is 2.85. The maximum Gasteiger partial charge on any atom is 0.213 e. The van der Waals surface area contributed by atoms with E-state index in [1.54, 1.807) is 6.20 Å². The van der Waals surface area contributed by atoms with Crippen LogP contribution in [0.3, 0.4) is 0 Å². The van der Waals surface area contributed by atoms with Gasteiger partial charge in [-0.3, -0.25) is 4.79 Å². The standard InChI is InChI=1S/C29H36N2O3/c1-5-34-28-16-22(10-12-30-28)15-24-17-27(31-26-9-7-6-8-25(24)26)29(32)21(4)19(2)14-23-11-13-33-18-20(23)3/h6-10,12,16-17,19-21,23H,5,11,13-15,18H2,1-4H3/t19?,20-,21?,23+/m0/s1. The third-order valence-electron chi connectivity index (χ3n) is 7.30. The Kier molecular flexibility index (Phi) is 7.94. The maximum atomic E-state index is 13.6. The van der Waals surface area contributed by atoms with Gasteiger partial charge in [0, 0.05) is 36.8 Å². The molecule has 1 aromatic carbocycles. The monoisotopic (exact) mass is 460 g/mol. The van der Waals surface area contributed by atoms with Crippen LogP contribution in [-0.4, -0.2) is 35.6 Å². The second-order valence-corrected chi connectivity index (χ2v) is 9.76. The van der Waals surface area contributed by atoms with Gasteiger partial charge in [-0.05, 0) is 73.3 Å². The highest BCUT2D eigenvalue weighted by Crippen LogP contribution is 2.32. The van der Waals surface area contributed by atoms with E-state index in [1.165, 1.54) is 0 Å². The lowest BCUT2D eigenvalue weighted by Crippen LogP contribution is -2.29. The lowest BCUT2D eigenvalue weighted by Gasteiger charge is -2.32. The average molecular weight is 461 g/mol. The summed E-state index contributed by atoms with van der Waals surface area (Å²) in [5, 5.41) is 1.07. The Labute approximate surface area is 202 Å². The van der Waals surface area contributed by atoms with Crippen LogP contribution in [0.25, 0.3) is 10.9 Å². The Morgan fingerprint density at radius 1 is 1.21 bits per heavy atom. The zero-order chi connectivity index (χ0) is 24.1. The zero-order valence-electron chi connectivity index (χ0n) is 20.8. The number of ether oxygens (including phenoxy) is 2. The van der Waals surface area contributed by atoms with Gasteiger partial charge >= 0.3 is 0 Å². The highest BCUT2D eigenvalue weighted by Gasteiger charge is 2.29. The van der Waals surface area contributed by atoms with E-state index in [2.05, 4.69) is 31.8 Å². The summed E-state index contributed by atoms with van der Waals surface area (Å²) < 4.78 is 11.2. The van der Waals surface area contributed by atoms with Gasteiger partial charge in [-0.2, -0.15) is 0 Å². The van der Waals surface area contributed by atoms with Crippen molar-refractivity contribution in [3.05, 3.63) is 65.5 Å². The summed E-state index contributed by atoms with van der Waals surface area (Å²) in [4.78, 5) is 22.6. The molecule has 2 aromatic heterocycles. The van der Waals surface area contributed by atoms with Crippen LogP contribution in [0.1, 0.15) is 62.2 Å². The SMILES string of the molecule is CCOc1cc(Cc2cc(C(=O)C(C)C(C)C[C@H]3CCOC[C@@H]3C)nc3ccccc23)ccn1. The lowest BCUT2D eigenvalue weighted by molar-refractivity contribution is 0.0145. The number of rotatable bonds is 9. The number of Topliss-reactive ketones (excluding diaryl/α,β-unsaturated/α-hetero) is 1. The van der Waals surface area contributed by atoms with E-state index in [4.69, 9.17) is 14.5 Å². The number of carbonyl (C=O) groups is 1. The van der Waals surface area contributed by atoms with Crippen LogP contribution in [0.5, 0.6) is 5.88 Å². The van der Waals surface area contributed by atoms with Crippen LogP contribution in [-0.2, 0) is 11.2 Å². The molecule has 1 fully saturated rings. The van der Waals surface area contributed by atoms with Gasteiger partial charge in [0.15, 0.2) is 5.78 Å². The van der Waals surface area contributed by atoms with Crippen LogP contribution in [0.4, 0.5) is 0 Å². The molecule has 1 aliphatic heterocycles. The predicted molar refractivity (Wildman–Crippen MR) is 135 cm³/mol. The van der Waals surface area contributed by atoms with E-state index < -0.39 is 0 Å². The van der Waals surface area contributed by atoms with Crippen LogP contribution in [0, 0.1) is 23.7 Å². The molecule has 0 aliphatic carbocycles. The summed E-state index contributed by atoms with van der Waals surface area (Å²) in [6.45, 7) is 10.7. The molecule has 0 radical (unpaired) electrons. The molecule has 34 heavy (non-hydrogen) atoms. The summed E-state index contributed by atoms with van der Waals surface area (Å²) in [7, 11) is 0. The molecule has 0 saturated carbocycles. The Morgan fingerprint density at radius 3 is 2.82 bits per heavy atom. The number of hydrogen-bond donors (Lipinski definition) is 0. The van der Waals surface area contributed by atoms with E-state index >= 15 is 0 Å². The van der Waals surface area contributed by atoms with Gasteiger partial charge in [0.05, 0.1) is 12.1 Å². The first-order valence-corrected chi connectivity index (χ1v) is 12.5. The fourth-order valence-corrected chi connectivity index (χ4v) is 4.98. The first-order valence-electron chi connectivity index (χ1n) is 12.5. The number of benzene rings is 1. The summed E-state index contributed by atoms with van der Waals surface area (Å²) in [5.74, 6) is 2.13. The van der Waals surface area contributed by atoms with Gasteiger partial charge in [-0.15, -0.1) is 0 Å². The Bertz CT molecular complexity index is 1130. The van der Waals surface area contributed by atoms with E-state index in [-0.39, 0.29) is 11.7 Å². The number of nitrogens with zero attached hydrogens (tertiary/aromatic N) is 2. The minimum atomic E-state index is -0.0814. The van der Waals surface area contributed by atoms with Crippen molar-refractivity contribution in [1.29, 1.82) is 0 Å². The van der Waals surface area contributed by atoms with E-state index in [9.17, 15) is 4.79 Å². The molecule has 180 valence electrons. The quantitative estimate of drug-likeness (QED) is 0.359. The highest BCUT2D eigenvalue weighted by atomic mass is 16.5. The topological polar surface area (TPSA) is 61.3 Å². The van der Waals surface area contributed by atoms with Crippen molar-refractivity contribution in [1.82, 2.24) is 9.97 Å². The second kappa shape index (κ2) is 11.1. The van der Waals surface area contributed by atoms with Gasteiger partial charge in [0.25, 0.3) is 0 Å². The molecule has 5 nitrogen and oxygen atoms in total. The van der Waals surface area contributed by atoms with Crippen LogP contribution in [0.15, 0.2) is 48.7 Å². The molecule has 4 atom stereocenters. The molecule has 3 aromatic rings. The highest BCUT2D eigenvalue weighted by molar-refractivity contribution is 5.99. The molecular formula is C29H36N2O3. The first-order chi connectivity index (χ1) is 16.5. The molecule has 4 rings (SSSR count). The van der Waals surface area contributed by atoms with Crippen molar-refractivity contribution in [2.24, 2.45) is 23.7 Å². The molecule has 1 saturated heterocycles. The van der Waals surface area contributed by atoms with Gasteiger partial charge in [0.1, 0.15) is 5.69 Å². The van der Waals surface area contributed by atoms with E-state index in [0.717, 1.165) is 48.1 Å². The predicted octanol–water partition coefficient (Wildman–Crippen LogP) is 6.14. The normalized spacial score (nSPS) is 20.1. The van der Waals surface area contributed by atoms with Gasteiger partial charge < -0.3 is 9.47 Å². The molecule has 3 heterocycles. The smallest absolute Gasteiger partial charge is 0.213 e. The van der Waals surface area contributed by atoms with Crippen molar-refractivity contribution >= 4 is 16.7 Å². The van der Waals surface area contributed by atoms with Crippen LogP contribution >= 0.6 is 0 Å².